The zero-order chi connectivity index (χ0) is 30.6. The monoisotopic (exact) mass is 634 g/mol. The summed E-state index contributed by atoms with van der Waals surface area (Å²) in [5.41, 5.74) is 2.22. The second-order valence-corrected chi connectivity index (χ2v) is 13.4. The molecule has 0 radical (unpaired) electrons. The van der Waals surface area contributed by atoms with E-state index in [4.69, 9.17) is 14.2 Å². The zero-order valence-electron chi connectivity index (χ0n) is 24.7. The van der Waals surface area contributed by atoms with E-state index in [-0.39, 0.29) is 17.1 Å². The highest BCUT2D eigenvalue weighted by atomic mass is 32.2. The third kappa shape index (κ3) is 9.60. The van der Waals surface area contributed by atoms with Crippen LogP contribution in [0.1, 0.15) is 81.1 Å². The molecule has 0 aliphatic carbocycles. The number of hydrogen-bond donors (Lipinski definition) is 0. The Hall–Kier alpha value is -1.81. The first-order valence-electron chi connectivity index (χ1n) is 14.6. The Balaban J connectivity index is 1.36. The van der Waals surface area contributed by atoms with Crippen molar-refractivity contribution in [3.8, 4) is 17.2 Å². The number of unbranched alkanes of at least 4 members (excludes halogenated alkanes) is 6. The summed E-state index contributed by atoms with van der Waals surface area (Å²) < 4.78 is 79.5. The molecular weight excluding hydrogens is 591 g/mol. The molecule has 1 heterocycles. The van der Waals surface area contributed by atoms with Crippen LogP contribution in [0.15, 0.2) is 42.5 Å². The molecule has 0 bridgehead atoms. The first-order valence-corrected chi connectivity index (χ1v) is 16.8. The summed E-state index contributed by atoms with van der Waals surface area (Å²) in [6.45, 7) is 2.85. The Labute approximate surface area is 255 Å². The van der Waals surface area contributed by atoms with Gasteiger partial charge in [0, 0.05) is 28.7 Å². The van der Waals surface area contributed by atoms with Gasteiger partial charge in [0.05, 0.1) is 20.8 Å². The molecule has 0 spiro atoms. The van der Waals surface area contributed by atoms with E-state index < -0.39 is 18.5 Å². The number of methoxy groups -OCH3 is 2. The van der Waals surface area contributed by atoms with Crippen molar-refractivity contribution in [3.63, 3.8) is 0 Å². The molecule has 0 saturated carbocycles. The van der Waals surface area contributed by atoms with Crippen LogP contribution in [0.2, 0.25) is 0 Å². The van der Waals surface area contributed by atoms with Crippen molar-refractivity contribution in [3.05, 3.63) is 53.6 Å². The van der Waals surface area contributed by atoms with Crippen LogP contribution >= 0.6 is 23.5 Å². The van der Waals surface area contributed by atoms with Gasteiger partial charge in [0.2, 0.25) is 0 Å². The van der Waals surface area contributed by atoms with Gasteiger partial charge in [-0.2, -0.15) is 45.5 Å². The number of hydrogen-bond acceptors (Lipinski definition) is 5. The minimum absolute atomic E-state index is 0.123. The highest BCUT2D eigenvalue weighted by molar-refractivity contribution is 7.99. The fourth-order valence-electron chi connectivity index (χ4n) is 5.14. The van der Waals surface area contributed by atoms with Gasteiger partial charge in [-0.1, -0.05) is 57.2 Å². The second-order valence-electron chi connectivity index (χ2n) is 11.0. The molecule has 2 aromatic rings. The van der Waals surface area contributed by atoms with Gasteiger partial charge >= 0.3 is 12.1 Å². The number of halogens is 5. The summed E-state index contributed by atoms with van der Waals surface area (Å²) in [4.78, 5) is 0. The predicted molar refractivity (Wildman–Crippen MR) is 164 cm³/mol. The minimum atomic E-state index is -5.45. The molecule has 0 N–H and O–H groups in total. The van der Waals surface area contributed by atoms with Crippen molar-refractivity contribution >= 4 is 23.5 Å². The average molecular weight is 635 g/mol. The minimum Gasteiger partial charge on any atom is -0.497 e. The van der Waals surface area contributed by atoms with Gasteiger partial charge in [0.15, 0.2) is 0 Å². The van der Waals surface area contributed by atoms with Gasteiger partial charge in [-0.05, 0) is 60.3 Å². The maximum Gasteiger partial charge on any atom is 0.453 e. The van der Waals surface area contributed by atoms with Gasteiger partial charge in [-0.15, -0.1) is 0 Å². The molecular formula is C32H43F5O3S2. The molecule has 0 fully saturated rings. The second kappa shape index (κ2) is 16.3. The summed E-state index contributed by atoms with van der Waals surface area (Å²) in [5, 5.41) is 0.234. The lowest BCUT2D eigenvalue weighted by molar-refractivity contribution is -0.284. The Bertz CT molecular complexity index is 1080. The third-order valence-electron chi connectivity index (χ3n) is 7.77. The Kier molecular flexibility index (Phi) is 13.5. The van der Waals surface area contributed by atoms with Crippen LogP contribution in [0.5, 0.6) is 17.2 Å². The number of alkyl halides is 5. The number of thioether (sulfide) groups is 2. The molecule has 3 rings (SSSR count). The first kappa shape index (κ1) is 34.7. The molecule has 0 amide bonds. The third-order valence-corrected chi connectivity index (χ3v) is 10.6. The van der Waals surface area contributed by atoms with Crippen molar-refractivity contribution in [2.24, 2.45) is 0 Å². The van der Waals surface area contributed by atoms with E-state index in [1.165, 1.54) is 22.9 Å². The number of benzene rings is 2. The van der Waals surface area contributed by atoms with E-state index in [9.17, 15) is 22.0 Å². The van der Waals surface area contributed by atoms with E-state index >= 15 is 0 Å². The van der Waals surface area contributed by atoms with E-state index in [0.717, 1.165) is 73.7 Å². The normalized spacial score (nSPS) is 18.8. The maximum absolute atomic E-state index is 12.9. The van der Waals surface area contributed by atoms with Crippen LogP contribution in [-0.4, -0.2) is 50.2 Å². The lowest BCUT2D eigenvalue weighted by Crippen LogP contribution is -2.39. The summed E-state index contributed by atoms with van der Waals surface area (Å²) >= 11 is 3.45. The smallest absolute Gasteiger partial charge is 0.453 e. The Morgan fingerprint density at radius 3 is 1.98 bits per heavy atom. The zero-order valence-corrected chi connectivity index (χ0v) is 26.4. The number of ether oxygens (including phenoxy) is 3. The lowest BCUT2D eigenvalue weighted by atomic mass is 9.76. The largest absolute Gasteiger partial charge is 0.497 e. The van der Waals surface area contributed by atoms with Gasteiger partial charge in [0.1, 0.15) is 17.2 Å². The molecule has 42 heavy (non-hydrogen) atoms. The molecule has 2 atom stereocenters. The Morgan fingerprint density at radius 1 is 0.786 bits per heavy atom. The SMILES string of the molecule is COc1ccc(C2(C)COc3cc(OC)ccc3C2SCCCCCCCCCSCCCC(F)(F)C(F)(F)F)cc1. The van der Waals surface area contributed by atoms with Crippen molar-refractivity contribution in [2.75, 3.05) is 38.1 Å². The van der Waals surface area contributed by atoms with E-state index in [1.807, 2.05) is 36.0 Å². The van der Waals surface area contributed by atoms with E-state index in [1.54, 1.807) is 14.2 Å². The fraction of sp³-hybridized carbons (Fsp3) is 0.625. The van der Waals surface area contributed by atoms with Crippen LogP contribution in [0, 0.1) is 0 Å². The molecule has 1 aliphatic rings. The lowest BCUT2D eigenvalue weighted by Gasteiger charge is -2.42. The van der Waals surface area contributed by atoms with E-state index in [2.05, 4.69) is 25.1 Å². The maximum atomic E-state index is 12.9. The molecule has 2 unspecified atom stereocenters. The topological polar surface area (TPSA) is 27.7 Å². The van der Waals surface area contributed by atoms with Crippen molar-refractivity contribution in [1.29, 1.82) is 0 Å². The predicted octanol–water partition coefficient (Wildman–Crippen LogP) is 10.3. The molecule has 10 heteroatoms. The summed E-state index contributed by atoms with van der Waals surface area (Å²) in [7, 11) is 3.33. The van der Waals surface area contributed by atoms with Crippen molar-refractivity contribution in [1.82, 2.24) is 0 Å². The average Bonchev–Trinajstić information content (AvgIpc) is 2.97. The Morgan fingerprint density at radius 2 is 1.36 bits per heavy atom. The molecule has 1 aliphatic heterocycles. The highest BCUT2D eigenvalue weighted by Crippen LogP contribution is 2.53. The highest BCUT2D eigenvalue weighted by Gasteiger charge is 2.56. The molecule has 0 aromatic heterocycles. The van der Waals surface area contributed by atoms with Gasteiger partial charge in [0.25, 0.3) is 0 Å². The summed E-state index contributed by atoms with van der Waals surface area (Å²) in [5.74, 6) is 0.118. The standard InChI is InChI=1S/C32H43F5O3S2/c1-30(24-12-14-25(38-2)15-13-24)23-40-28-22-26(39-3)16-17-27(28)29(30)42-21-10-8-6-4-5-7-9-19-41-20-11-18-31(33,34)32(35,36)37/h12-17,22,29H,4-11,18-21,23H2,1-3H3. The van der Waals surface area contributed by atoms with Crippen molar-refractivity contribution in [2.45, 2.75) is 87.5 Å². The quantitative estimate of drug-likeness (QED) is 0.120. The summed E-state index contributed by atoms with van der Waals surface area (Å²) in [6.07, 6.45) is 1.05. The molecule has 0 saturated heterocycles. The van der Waals surface area contributed by atoms with Crippen LogP contribution in [0.3, 0.4) is 0 Å². The number of rotatable bonds is 18. The van der Waals surface area contributed by atoms with Gasteiger partial charge in [-0.25, -0.2) is 0 Å². The van der Waals surface area contributed by atoms with Crippen LogP contribution in [0.4, 0.5) is 22.0 Å². The first-order chi connectivity index (χ1) is 20.0. The van der Waals surface area contributed by atoms with Crippen LogP contribution in [0.25, 0.3) is 0 Å². The molecule has 3 nitrogen and oxygen atoms in total. The fourth-order valence-corrected chi connectivity index (χ4v) is 7.65. The van der Waals surface area contributed by atoms with E-state index in [0.29, 0.717) is 12.4 Å². The van der Waals surface area contributed by atoms with Crippen LogP contribution in [-0.2, 0) is 5.41 Å². The number of fused-ring (bicyclic) bond motifs is 1. The van der Waals surface area contributed by atoms with Crippen molar-refractivity contribution < 1.29 is 36.2 Å². The van der Waals surface area contributed by atoms with Crippen LogP contribution < -0.4 is 14.2 Å². The van der Waals surface area contributed by atoms with Gasteiger partial charge in [-0.3, -0.25) is 0 Å². The molecule has 236 valence electrons. The molecule has 2 aromatic carbocycles. The summed E-state index contributed by atoms with van der Waals surface area (Å²) in [6, 6.07) is 14.4. The van der Waals surface area contributed by atoms with Gasteiger partial charge < -0.3 is 14.2 Å².